The van der Waals surface area contributed by atoms with E-state index in [0.29, 0.717) is 6.42 Å². The van der Waals surface area contributed by atoms with Gasteiger partial charge in [-0.1, -0.05) is 17.7 Å². The molecule has 0 aromatic carbocycles. The van der Waals surface area contributed by atoms with Crippen LogP contribution in [0.3, 0.4) is 0 Å². The molecule has 90 valence electrons. The lowest BCUT2D eigenvalue weighted by atomic mass is 10.0. The number of aromatic nitrogens is 1. The highest BCUT2D eigenvalue weighted by atomic mass is 35.5. The van der Waals surface area contributed by atoms with Crippen molar-refractivity contribution in [2.24, 2.45) is 0 Å². The summed E-state index contributed by atoms with van der Waals surface area (Å²) in [5.74, 6) is 0. The molecule has 0 bridgehead atoms. The fourth-order valence-corrected chi connectivity index (χ4v) is 2.94. The summed E-state index contributed by atoms with van der Waals surface area (Å²) in [4.78, 5) is 5.44. The van der Waals surface area contributed by atoms with E-state index in [1.54, 1.807) is 0 Å². The molecule has 17 heavy (non-hydrogen) atoms. The molecule has 0 aliphatic heterocycles. The van der Waals surface area contributed by atoms with Crippen LogP contribution >= 0.6 is 22.9 Å². The van der Waals surface area contributed by atoms with Crippen molar-refractivity contribution in [1.82, 2.24) is 4.98 Å². The molecular formula is C13H14ClNOS. The van der Waals surface area contributed by atoms with Crippen LogP contribution in [-0.2, 0) is 6.42 Å². The molecule has 0 amide bonds. The highest BCUT2D eigenvalue weighted by Gasteiger charge is 2.13. The molecule has 0 aliphatic carbocycles. The van der Waals surface area contributed by atoms with E-state index < -0.39 is 6.10 Å². The molecule has 1 unspecified atom stereocenters. The van der Waals surface area contributed by atoms with E-state index in [1.807, 2.05) is 38.1 Å². The maximum Gasteiger partial charge on any atom is 0.0931 e. The largest absolute Gasteiger partial charge is 0.388 e. The molecular weight excluding hydrogens is 254 g/mol. The summed E-state index contributed by atoms with van der Waals surface area (Å²) in [6.45, 7) is 3.87. The van der Waals surface area contributed by atoms with E-state index in [9.17, 15) is 5.11 Å². The molecule has 0 spiro atoms. The van der Waals surface area contributed by atoms with Crippen molar-refractivity contribution in [3.05, 3.63) is 50.4 Å². The van der Waals surface area contributed by atoms with Gasteiger partial charge < -0.3 is 5.11 Å². The van der Waals surface area contributed by atoms with Crippen molar-refractivity contribution in [3.63, 3.8) is 0 Å². The summed E-state index contributed by atoms with van der Waals surface area (Å²) in [5.41, 5.74) is 2.75. The van der Waals surface area contributed by atoms with Crippen LogP contribution < -0.4 is 0 Å². The van der Waals surface area contributed by atoms with Crippen LogP contribution in [0.1, 0.15) is 27.9 Å². The summed E-state index contributed by atoms with van der Waals surface area (Å²) in [6, 6.07) is 7.67. The number of hydrogen-bond donors (Lipinski definition) is 1. The molecule has 1 N–H and O–H groups in total. The highest BCUT2D eigenvalue weighted by molar-refractivity contribution is 7.16. The second-order valence-corrected chi connectivity index (χ2v) is 5.85. The molecule has 2 aromatic heterocycles. The minimum absolute atomic E-state index is 0.516. The Bertz CT molecular complexity index is 524. The van der Waals surface area contributed by atoms with Crippen molar-refractivity contribution in [2.75, 3.05) is 0 Å². The van der Waals surface area contributed by atoms with Gasteiger partial charge in [0.05, 0.1) is 10.4 Å². The van der Waals surface area contributed by atoms with Crippen LogP contribution in [0.15, 0.2) is 24.3 Å². The quantitative estimate of drug-likeness (QED) is 0.920. The van der Waals surface area contributed by atoms with Gasteiger partial charge in [0.2, 0.25) is 0 Å². The molecule has 0 aliphatic rings. The first-order valence-corrected chi connectivity index (χ1v) is 6.62. The van der Waals surface area contributed by atoms with E-state index in [0.717, 1.165) is 26.2 Å². The lowest BCUT2D eigenvalue weighted by molar-refractivity contribution is 0.178. The van der Waals surface area contributed by atoms with Crippen molar-refractivity contribution >= 4 is 22.9 Å². The van der Waals surface area contributed by atoms with Crippen LogP contribution in [0.5, 0.6) is 0 Å². The smallest absolute Gasteiger partial charge is 0.0931 e. The molecule has 0 saturated carbocycles. The Morgan fingerprint density at radius 1 is 1.29 bits per heavy atom. The number of nitrogens with zero attached hydrogens (tertiary/aromatic N) is 1. The van der Waals surface area contributed by atoms with Crippen molar-refractivity contribution in [2.45, 2.75) is 26.4 Å². The summed E-state index contributed by atoms with van der Waals surface area (Å²) in [7, 11) is 0. The Kier molecular flexibility index (Phi) is 3.82. The number of aliphatic hydroxyl groups excluding tert-OH is 1. The standard InChI is InChI=1S/C13H14ClNOS/c1-8-3-5-11(9(2)15-8)12(16)7-10-4-6-13(14)17-10/h3-6,12,16H,7H2,1-2H3. The van der Waals surface area contributed by atoms with Gasteiger partial charge in [-0.05, 0) is 32.0 Å². The first-order chi connectivity index (χ1) is 8.06. The zero-order valence-corrected chi connectivity index (χ0v) is 11.3. The minimum atomic E-state index is -0.516. The van der Waals surface area contributed by atoms with Gasteiger partial charge in [-0.2, -0.15) is 0 Å². The normalized spacial score (nSPS) is 12.7. The molecule has 1 atom stereocenters. The van der Waals surface area contributed by atoms with E-state index in [4.69, 9.17) is 11.6 Å². The minimum Gasteiger partial charge on any atom is -0.388 e. The van der Waals surface area contributed by atoms with Crippen LogP contribution in [-0.4, -0.2) is 10.1 Å². The Balaban J connectivity index is 2.17. The van der Waals surface area contributed by atoms with Gasteiger partial charge in [-0.15, -0.1) is 11.3 Å². The lowest BCUT2D eigenvalue weighted by Gasteiger charge is -2.12. The van der Waals surface area contributed by atoms with Crippen LogP contribution in [0.2, 0.25) is 4.34 Å². The summed E-state index contributed by atoms with van der Waals surface area (Å²) >= 11 is 7.37. The number of aryl methyl sites for hydroxylation is 2. The number of aliphatic hydroxyl groups is 1. The number of rotatable bonds is 3. The molecule has 0 saturated heterocycles. The molecule has 0 fully saturated rings. The van der Waals surface area contributed by atoms with Crippen molar-refractivity contribution in [1.29, 1.82) is 0 Å². The Morgan fingerprint density at radius 2 is 2.06 bits per heavy atom. The Morgan fingerprint density at radius 3 is 2.65 bits per heavy atom. The zero-order chi connectivity index (χ0) is 12.4. The predicted molar refractivity (Wildman–Crippen MR) is 71.7 cm³/mol. The van der Waals surface area contributed by atoms with Gasteiger partial charge in [-0.25, -0.2) is 0 Å². The average Bonchev–Trinajstić information content (AvgIpc) is 2.63. The van der Waals surface area contributed by atoms with Gasteiger partial charge >= 0.3 is 0 Å². The van der Waals surface area contributed by atoms with Crippen LogP contribution in [0, 0.1) is 13.8 Å². The first-order valence-electron chi connectivity index (χ1n) is 5.42. The van der Waals surface area contributed by atoms with Gasteiger partial charge in [-0.3, -0.25) is 4.98 Å². The average molecular weight is 268 g/mol. The summed E-state index contributed by atoms with van der Waals surface area (Å²) in [6.07, 6.45) is 0.0704. The van der Waals surface area contributed by atoms with Gasteiger partial charge in [0.1, 0.15) is 0 Å². The second-order valence-electron chi connectivity index (χ2n) is 4.05. The summed E-state index contributed by atoms with van der Waals surface area (Å²) < 4.78 is 0.756. The molecule has 0 radical (unpaired) electrons. The second kappa shape index (κ2) is 5.17. The summed E-state index contributed by atoms with van der Waals surface area (Å²) in [5, 5.41) is 10.2. The highest BCUT2D eigenvalue weighted by Crippen LogP contribution is 2.27. The molecule has 2 heterocycles. The molecule has 2 rings (SSSR count). The Labute approximate surface area is 110 Å². The maximum absolute atomic E-state index is 10.2. The van der Waals surface area contributed by atoms with Gasteiger partial charge in [0, 0.05) is 28.2 Å². The molecule has 4 heteroatoms. The number of thiophene rings is 1. The lowest BCUT2D eigenvalue weighted by Crippen LogP contribution is -2.04. The zero-order valence-electron chi connectivity index (χ0n) is 9.77. The third-order valence-electron chi connectivity index (χ3n) is 2.65. The topological polar surface area (TPSA) is 33.1 Å². The van der Waals surface area contributed by atoms with Gasteiger partial charge in [0.25, 0.3) is 0 Å². The van der Waals surface area contributed by atoms with E-state index in [-0.39, 0.29) is 0 Å². The first kappa shape index (κ1) is 12.6. The van der Waals surface area contributed by atoms with Crippen molar-refractivity contribution < 1.29 is 5.11 Å². The Hall–Kier alpha value is -0.900. The third kappa shape index (κ3) is 3.06. The number of halogens is 1. The van der Waals surface area contributed by atoms with E-state index in [2.05, 4.69) is 4.98 Å². The monoisotopic (exact) mass is 267 g/mol. The number of hydrogen-bond acceptors (Lipinski definition) is 3. The van der Waals surface area contributed by atoms with Crippen LogP contribution in [0.4, 0.5) is 0 Å². The molecule has 2 nitrogen and oxygen atoms in total. The SMILES string of the molecule is Cc1ccc(C(O)Cc2ccc(Cl)s2)c(C)n1. The van der Waals surface area contributed by atoms with E-state index >= 15 is 0 Å². The predicted octanol–water partition coefficient (Wildman–Crippen LogP) is 3.69. The third-order valence-corrected chi connectivity index (χ3v) is 3.90. The van der Waals surface area contributed by atoms with Crippen LogP contribution in [0.25, 0.3) is 0 Å². The van der Waals surface area contributed by atoms with Crippen molar-refractivity contribution in [3.8, 4) is 0 Å². The fraction of sp³-hybridized carbons (Fsp3) is 0.308. The molecule has 2 aromatic rings. The maximum atomic E-state index is 10.2. The van der Waals surface area contributed by atoms with Gasteiger partial charge in [0.15, 0.2) is 0 Å². The number of pyridine rings is 1. The van der Waals surface area contributed by atoms with E-state index in [1.165, 1.54) is 11.3 Å². The fourth-order valence-electron chi connectivity index (χ4n) is 1.81.